The molecule has 0 fully saturated rings. The van der Waals surface area contributed by atoms with Gasteiger partial charge in [-0.05, 0) is 12.1 Å². The van der Waals surface area contributed by atoms with E-state index in [2.05, 4.69) is 15.0 Å². The highest BCUT2D eigenvalue weighted by Gasteiger charge is 1.96. The summed E-state index contributed by atoms with van der Waals surface area (Å²) in [5.41, 5.74) is 1.02. The number of aromatic nitrogens is 3. The molecule has 11 heavy (non-hydrogen) atoms. The van der Waals surface area contributed by atoms with Crippen molar-refractivity contribution >= 4 is 0 Å². The summed E-state index contributed by atoms with van der Waals surface area (Å²) in [6, 6.07) is 3.74. The Hall–Kier alpha value is -1.64. The average Bonchev–Trinajstić information content (AvgIpc) is 2.58. The van der Waals surface area contributed by atoms with Crippen molar-refractivity contribution < 1.29 is 0 Å². The van der Waals surface area contributed by atoms with Crippen LogP contribution in [0.1, 0.15) is 0 Å². The Morgan fingerprint density at radius 1 is 1.18 bits per heavy atom. The molecule has 0 amide bonds. The average molecular weight is 145 g/mol. The fourth-order valence-corrected chi connectivity index (χ4v) is 0.911. The fourth-order valence-electron chi connectivity index (χ4n) is 0.911. The van der Waals surface area contributed by atoms with Gasteiger partial charge in [0.05, 0.1) is 0 Å². The second-order valence-corrected chi connectivity index (χ2v) is 2.17. The molecule has 2 rings (SSSR count). The van der Waals surface area contributed by atoms with E-state index in [9.17, 15) is 0 Å². The molecule has 1 N–H and O–H groups in total. The predicted molar refractivity (Wildman–Crippen MR) is 41.8 cm³/mol. The van der Waals surface area contributed by atoms with Gasteiger partial charge in [0.2, 0.25) is 0 Å². The topological polar surface area (TPSA) is 41.6 Å². The molecule has 0 bridgehead atoms. The third-order valence-corrected chi connectivity index (χ3v) is 1.42. The molecule has 0 aliphatic heterocycles. The Kier molecular flexibility index (Phi) is 1.41. The number of rotatable bonds is 1. The molecule has 3 heteroatoms. The lowest BCUT2D eigenvalue weighted by atomic mass is 10.3. The molecular weight excluding hydrogens is 138 g/mol. The first-order valence-corrected chi connectivity index (χ1v) is 3.37. The summed E-state index contributed by atoms with van der Waals surface area (Å²) in [6.07, 6.45) is 7.19. The molecule has 0 saturated carbocycles. The van der Waals surface area contributed by atoms with Crippen molar-refractivity contribution in [2.75, 3.05) is 0 Å². The van der Waals surface area contributed by atoms with Crippen LogP contribution in [0.2, 0.25) is 0 Å². The highest BCUT2D eigenvalue weighted by atomic mass is 14.9. The molecule has 0 aliphatic carbocycles. The zero-order valence-corrected chi connectivity index (χ0v) is 5.86. The number of nitrogens with one attached hydrogen (secondary N) is 1. The van der Waals surface area contributed by atoms with Gasteiger partial charge in [0, 0.05) is 30.4 Å². The largest absolute Gasteiger partial charge is 0.367 e. The van der Waals surface area contributed by atoms with Crippen molar-refractivity contribution in [3.8, 4) is 11.4 Å². The van der Waals surface area contributed by atoms with Crippen molar-refractivity contribution in [1.82, 2.24) is 15.0 Å². The molecule has 54 valence electrons. The Balaban J connectivity index is 2.46. The van der Waals surface area contributed by atoms with E-state index < -0.39 is 0 Å². The highest BCUT2D eigenvalue weighted by molar-refractivity contribution is 5.52. The first-order chi connectivity index (χ1) is 5.47. The van der Waals surface area contributed by atoms with Crippen LogP contribution in [0.25, 0.3) is 11.4 Å². The van der Waals surface area contributed by atoms with Gasteiger partial charge in [0.1, 0.15) is 0 Å². The second kappa shape index (κ2) is 2.54. The molecule has 3 nitrogen and oxygen atoms in total. The van der Waals surface area contributed by atoms with Gasteiger partial charge in [0.15, 0.2) is 5.82 Å². The summed E-state index contributed by atoms with van der Waals surface area (Å²) in [5.74, 6) is 0.758. The number of H-pyrrole nitrogens is 1. The van der Waals surface area contributed by atoms with Crippen molar-refractivity contribution in [2.45, 2.75) is 0 Å². The van der Waals surface area contributed by atoms with E-state index in [-0.39, 0.29) is 0 Å². The molecule has 0 unspecified atom stereocenters. The Labute approximate surface area is 64.1 Å². The summed E-state index contributed by atoms with van der Waals surface area (Å²) >= 11 is 0. The monoisotopic (exact) mass is 145 g/mol. The van der Waals surface area contributed by atoms with Gasteiger partial charge in [0.25, 0.3) is 0 Å². The fraction of sp³-hybridized carbons (Fsp3) is 0. The van der Waals surface area contributed by atoms with Crippen LogP contribution in [0.3, 0.4) is 0 Å². The van der Waals surface area contributed by atoms with Crippen LogP contribution in [-0.4, -0.2) is 15.0 Å². The maximum absolute atomic E-state index is 4.09. The van der Waals surface area contributed by atoms with Gasteiger partial charge in [-0.3, -0.25) is 0 Å². The molecule has 2 heterocycles. The van der Waals surface area contributed by atoms with E-state index >= 15 is 0 Å². The highest BCUT2D eigenvalue weighted by Crippen LogP contribution is 2.10. The maximum Gasteiger partial charge on any atom is 0.160 e. The minimum absolute atomic E-state index is 0.758. The number of nitrogens with zero attached hydrogens (tertiary/aromatic N) is 2. The molecule has 0 saturated heterocycles. The van der Waals surface area contributed by atoms with Crippen LogP contribution in [0.5, 0.6) is 0 Å². The van der Waals surface area contributed by atoms with Crippen molar-refractivity contribution in [3.05, 3.63) is 36.9 Å². The Bertz CT molecular complexity index is 312. The van der Waals surface area contributed by atoms with E-state index in [0.717, 1.165) is 11.4 Å². The summed E-state index contributed by atoms with van der Waals surface area (Å²) in [4.78, 5) is 11.1. The van der Waals surface area contributed by atoms with Crippen LogP contribution in [0, 0.1) is 0 Å². The minimum atomic E-state index is 0.758. The molecule has 2 aromatic rings. The Morgan fingerprint density at radius 2 is 2.00 bits per heavy atom. The number of hydrogen-bond donors (Lipinski definition) is 1. The number of aromatic amines is 1. The summed E-state index contributed by atoms with van der Waals surface area (Å²) in [5, 5.41) is 0. The van der Waals surface area contributed by atoms with E-state index in [0.29, 0.717) is 0 Å². The van der Waals surface area contributed by atoms with Crippen LogP contribution >= 0.6 is 0 Å². The normalized spacial score (nSPS) is 9.82. The van der Waals surface area contributed by atoms with Crippen LogP contribution in [0.4, 0.5) is 0 Å². The zero-order chi connectivity index (χ0) is 7.52. The maximum atomic E-state index is 4.09. The smallest absolute Gasteiger partial charge is 0.160 e. The van der Waals surface area contributed by atoms with E-state index in [1.54, 1.807) is 18.5 Å². The summed E-state index contributed by atoms with van der Waals surface area (Å²) in [7, 11) is 0. The van der Waals surface area contributed by atoms with Gasteiger partial charge < -0.3 is 4.98 Å². The van der Waals surface area contributed by atoms with Crippen LogP contribution in [0.15, 0.2) is 36.9 Å². The van der Waals surface area contributed by atoms with Crippen LogP contribution < -0.4 is 0 Å². The van der Waals surface area contributed by atoms with E-state index in [4.69, 9.17) is 0 Å². The third kappa shape index (κ3) is 1.12. The molecular formula is C8H7N3. The quantitative estimate of drug-likeness (QED) is 0.660. The lowest BCUT2D eigenvalue weighted by molar-refractivity contribution is 1.18. The standard InChI is InChI=1S/C8H7N3/c1-3-10-8(11-4-1)7-2-5-9-6-7/h1-6,9H. The SMILES string of the molecule is c1cnc(-c2cc[nH]c2)nc1. The van der Waals surface area contributed by atoms with Crippen LogP contribution in [-0.2, 0) is 0 Å². The second-order valence-electron chi connectivity index (χ2n) is 2.17. The molecule has 0 spiro atoms. The Morgan fingerprint density at radius 3 is 2.64 bits per heavy atom. The van der Waals surface area contributed by atoms with Gasteiger partial charge in [-0.1, -0.05) is 0 Å². The minimum Gasteiger partial charge on any atom is -0.367 e. The lowest BCUT2D eigenvalue weighted by Crippen LogP contribution is -1.83. The predicted octanol–water partition coefficient (Wildman–Crippen LogP) is 1.47. The van der Waals surface area contributed by atoms with Gasteiger partial charge in [-0.15, -0.1) is 0 Å². The van der Waals surface area contributed by atoms with E-state index in [1.165, 1.54) is 0 Å². The van der Waals surface area contributed by atoms with Crippen molar-refractivity contribution in [1.29, 1.82) is 0 Å². The zero-order valence-electron chi connectivity index (χ0n) is 5.86. The van der Waals surface area contributed by atoms with Gasteiger partial charge in [-0.2, -0.15) is 0 Å². The summed E-state index contributed by atoms with van der Waals surface area (Å²) in [6.45, 7) is 0. The molecule has 2 aromatic heterocycles. The first kappa shape index (κ1) is 6.09. The number of hydrogen-bond acceptors (Lipinski definition) is 2. The first-order valence-electron chi connectivity index (χ1n) is 3.37. The van der Waals surface area contributed by atoms with Crippen molar-refractivity contribution in [3.63, 3.8) is 0 Å². The van der Waals surface area contributed by atoms with E-state index in [1.807, 2.05) is 18.5 Å². The summed E-state index contributed by atoms with van der Waals surface area (Å²) < 4.78 is 0. The molecule has 0 atom stereocenters. The van der Waals surface area contributed by atoms with Gasteiger partial charge in [-0.25, -0.2) is 9.97 Å². The van der Waals surface area contributed by atoms with Crippen molar-refractivity contribution in [2.24, 2.45) is 0 Å². The molecule has 0 aromatic carbocycles. The van der Waals surface area contributed by atoms with Gasteiger partial charge >= 0.3 is 0 Å². The lowest BCUT2D eigenvalue weighted by Gasteiger charge is -1.91. The third-order valence-electron chi connectivity index (χ3n) is 1.42. The molecule has 0 radical (unpaired) electrons. The molecule has 0 aliphatic rings.